The van der Waals surface area contributed by atoms with Crippen LogP contribution in [0.25, 0.3) is 0 Å². The molecule has 0 saturated heterocycles. The largest absolute Gasteiger partial charge is 0.312 e. The molecule has 0 amide bonds. The minimum absolute atomic E-state index is 0.547. The van der Waals surface area contributed by atoms with Crippen LogP contribution in [0.3, 0.4) is 0 Å². The van der Waals surface area contributed by atoms with Crippen LogP contribution in [-0.2, 0) is 0 Å². The van der Waals surface area contributed by atoms with Crippen molar-refractivity contribution in [3.63, 3.8) is 0 Å². The van der Waals surface area contributed by atoms with Gasteiger partial charge in [0.15, 0.2) is 0 Å². The van der Waals surface area contributed by atoms with E-state index in [2.05, 4.69) is 0 Å². The van der Waals surface area contributed by atoms with Crippen LogP contribution in [0.5, 0.6) is 0 Å². The number of nitrogens with zero attached hydrogens (tertiary/aromatic N) is 3. The highest BCUT2D eigenvalue weighted by molar-refractivity contribution is 5.10. The number of hydrogen-bond acceptors (Lipinski definition) is 4. The average Bonchev–Trinajstić information content (AvgIpc) is 2.03. The van der Waals surface area contributed by atoms with Crippen molar-refractivity contribution in [3.05, 3.63) is 0 Å². The smallest absolute Gasteiger partial charge is 0.140 e. The van der Waals surface area contributed by atoms with Gasteiger partial charge in [-0.3, -0.25) is 0 Å². The molecular formula is C10H17N3O. The van der Waals surface area contributed by atoms with Gasteiger partial charge in [-0.25, -0.2) is 0 Å². The molecule has 0 aliphatic carbocycles. The summed E-state index contributed by atoms with van der Waals surface area (Å²) in [7, 11) is 0. The minimum atomic E-state index is -0.892. The Morgan fingerprint density at radius 1 is 1.14 bits per heavy atom. The first-order chi connectivity index (χ1) is 6.16. The van der Waals surface area contributed by atoms with Crippen LogP contribution in [0, 0.1) is 28.1 Å². The molecule has 1 atom stereocenters. The third-order valence-corrected chi connectivity index (χ3v) is 2.03. The lowest BCUT2D eigenvalue weighted by Crippen LogP contribution is -2.51. The predicted molar refractivity (Wildman–Crippen MR) is 52.2 cm³/mol. The monoisotopic (exact) mass is 195 g/mol. The van der Waals surface area contributed by atoms with Gasteiger partial charge in [0, 0.05) is 5.54 Å². The van der Waals surface area contributed by atoms with Gasteiger partial charge >= 0.3 is 0 Å². The Balaban J connectivity index is 4.98. The summed E-state index contributed by atoms with van der Waals surface area (Å²) in [6, 6.07) is 3.15. The molecule has 0 fully saturated rings. The normalized spacial score (nSPS) is 14.6. The van der Waals surface area contributed by atoms with E-state index in [1.807, 2.05) is 12.1 Å². The zero-order valence-electron chi connectivity index (χ0n) is 9.37. The van der Waals surface area contributed by atoms with E-state index in [9.17, 15) is 5.21 Å². The van der Waals surface area contributed by atoms with Gasteiger partial charge in [0.05, 0.1) is 17.6 Å². The molecule has 1 N–H and O–H groups in total. The van der Waals surface area contributed by atoms with Crippen molar-refractivity contribution in [3.8, 4) is 12.1 Å². The first-order valence-corrected chi connectivity index (χ1v) is 4.46. The van der Waals surface area contributed by atoms with Gasteiger partial charge in [0.25, 0.3) is 0 Å². The van der Waals surface area contributed by atoms with Crippen LogP contribution < -0.4 is 0 Å². The summed E-state index contributed by atoms with van der Waals surface area (Å²) in [5, 5.41) is 28.5. The maximum Gasteiger partial charge on any atom is 0.140 e. The summed E-state index contributed by atoms with van der Waals surface area (Å²) >= 11 is 0. The first kappa shape index (κ1) is 12.9. The van der Waals surface area contributed by atoms with Crippen molar-refractivity contribution in [2.45, 2.75) is 46.2 Å². The molecule has 1 unspecified atom stereocenters. The zero-order chi connectivity index (χ0) is 11.6. The summed E-state index contributed by atoms with van der Waals surface area (Å²) in [5.74, 6) is 0. The Hall–Kier alpha value is -1.10. The highest BCUT2D eigenvalue weighted by Crippen LogP contribution is 2.27. The topological polar surface area (TPSA) is 71.0 Å². The molecular weight excluding hydrogens is 178 g/mol. The average molecular weight is 195 g/mol. The molecule has 0 aliphatic rings. The quantitative estimate of drug-likeness (QED) is 0.683. The molecule has 0 rings (SSSR count). The van der Waals surface area contributed by atoms with E-state index >= 15 is 0 Å². The summed E-state index contributed by atoms with van der Waals surface area (Å²) in [6.07, 6.45) is 0. The summed E-state index contributed by atoms with van der Waals surface area (Å²) in [6.45, 7) is 8.62. The van der Waals surface area contributed by atoms with E-state index < -0.39 is 17.0 Å². The van der Waals surface area contributed by atoms with E-state index in [4.69, 9.17) is 10.5 Å². The highest BCUT2D eigenvalue weighted by Gasteiger charge is 2.39. The molecule has 0 aromatic heterocycles. The molecule has 4 heteroatoms. The van der Waals surface area contributed by atoms with E-state index in [1.165, 1.54) is 0 Å². The highest BCUT2D eigenvalue weighted by atomic mass is 16.5. The van der Waals surface area contributed by atoms with Crippen LogP contribution in [0.2, 0.25) is 0 Å². The number of nitriles is 2. The fraction of sp³-hybridized carbons (Fsp3) is 0.800. The standard InChI is InChI=1S/C10H17N3O/c1-9(2,3)13(14)8(6-11)10(4,5)7-12/h8,14H,1-5H3. The van der Waals surface area contributed by atoms with Crippen LogP contribution in [0.1, 0.15) is 34.6 Å². The maximum absolute atomic E-state index is 9.77. The van der Waals surface area contributed by atoms with Crippen molar-refractivity contribution in [1.82, 2.24) is 5.06 Å². The molecule has 0 bridgehead atoms. The molecule has 0 aromatic rings. The third kappa shape index (κ3) is 2.70. The number of hydrogen-bond donors (Lipinski definition) is 1. The molecule has 0 spiro atoms. The second-order valence-corrected chi connectivity index (χ2v) is 4.88. The van der Waals surface area contributed by atoms with Crippen molar-refractivity contribution in [2.75, 3.05) is 0 Å². The molecule has 0 heterocycles. The Bertz CT molecular complexity index is 277. The van der Waals surface area contributed by atoms with Crippen molar-refractivity contribution in [2.24, 2.45) is 5.41 Å². The van der Waals surface area contributed by atoms with Gasteiger partial charge in [-0.2, -0.15) is 15.6 Å². The lowest BCUT2D eigenvalue weighted by Gasteiger charge is -2.37. The van der Waals surface area contributed by atoms with Gasteiger partial charge in [0.1, 0.15) is 6.04 Å². The molecule has 0 saturated carbocycles. The second kappa shape index (κ2) is 3.96. The first-order valence-electron chi connectivity index (χ1n) is 4.46. The van der Waals surface area contributed by atoms with Crippen LogP contribution in [0.15, 0.2) is 0 Å². The van der Waals surface area contributed by atoms with Crippen molar-refractivity contribution < 1.29 is 5.21 Å². The fourth-order valence-electron chi connectivity index (χ4n) is 0.970. The molecule has 0 radical (unpaired) electrons. The van der Waals surface area contributed by atoms with Gasteiger partial charge in [-0.15, -0.1) is 0 Å². The summed E-state index contributed by atoms with van der Waals surface area (Å²) in [5.41, 5.74) is -1.44. The Labute approximate surface area is 85.3 Å². The van der Waals surface area contributed by atoms with Crippen molar-refractivity contribution in [1.29, 1.82) is 10.5 Å². The molecule has 0 aromatic carbocycles. The lowest BCUT2D eigenvalue weighted by molar-refractivity contribution is -0.189. The number of hydroxylamine groups is 2. The second-order valence-electron chi connectivity index (χ2n) is 4.88. The summed E-state index contributed by atoms with van der Waals surface area (Å²) in [4.78, 5) is 0. The van der Waals surface area contributed by atoms with E-state index in [-0.39, 0.29) is 0 Å². The Morgan fingerprint density at radius 2 is 1.57 bits per heavy atom. The summed E-state index contributed by atoms with van der Waals surface area (Å²) < 4.78 is 0. The third-order valence-electron chi connectivity index (χ3n) is 2.03. The maximum atomic E-state index is 9.77. The van der Waals surface area contributed by atoms with Gasteiger partial charge < -0.3 is 5.21 Å². The van der Waals surface area contributed by atoms with E-state index in [1.54, 1.807) is 34.6 Å². The molecule has 4 nitrogen and oxygen atoms in total. The Morgan fingerprint density at radius 3 is 1.79 bits per heavy atom. The SMILES string of the molecule is CC(C)(C#N)C(C#N)N(O)C(C)(C)C. The van der Waals surface area contributed by atoms with E-state index in [0.717, 1.165) is 5.06 Å². The van der Waals surface area contributed by atoms with E-state index in [0.29, 0.717) is 0 Å². The fourth-order valence-corrected chi connectivity index (χ4v) is 0.970. The van der Waals surface area contributed by atoms with Gasteiger partial charge in [0.2, 0.25) is 0 Å². The predicted octanol–water partition coefficient (Wildman–Crippen LogP) is 1.92. The zero-order valence-corrected chi connectivity index (χ0v) is 9.37. The van der Waals surface area contributed by atoms with Crippen molar-refractivity contribution >= 4 is 0 Å². The van der Waals surface area contributed by atoms with Gasteiger partial charge in [-0.05, 0) is 34.6 Å². The minimum Gasteiger partial charge on any atom is -0.312 e. The molecule has 14 heavy (non-hydrogen) atoms. The van der Waals surface area contributed by atoms with Crippen LogP contribution >= 0.6 is 0 Å². The van der Waals surface area contributed by atoms with Crippen LogP contribution in [-0.4, -0.2) is 21.9 Å². The molecule has 78 valence electrons. The number of rotatable bonds is 2. The van der Waals surface area contributed by atoms with Crippen LogP contribution in [0.4, 0.5) is 0 Å². The molecule has 0 aliphatic heterocycles. The Kier molecular flexibility index (Phi) is 3.65. The lowest BCUT2D eigenvalue weighted by atomic mass is 9.85. The van der Waals surface area contributed by atoms with Gasteiger partial charge in [-0.1, -0.05) is 0 Å².